The van der Waals surface area contributed by atoms with Gasteiger partial charge in [0.1, 0.15) is 5.69 Å². The predicted octanol–water partition coefficient (Wildman–Crippen LogP) is 2.95. The molecule has 20 heavy (non-hydrogen) atoms. The van der Waals surface area contributed by atoms with Gasteiger partial charge in [-0.15, -0.1) is 0 Å². The summed E-state index contributed by atoms with van der Waals surface area (Å²) in [5.41, 5.74) is 5.59. The molecule has 1 aromatic rings. The number of hydrogen-bond acceptors (Lipinski definition) is 4. The molecule has 5 nitrogen and oxygen atoms in total. The predicted molar refractivity (Wildman–Crippen MR) is 69.1 cm³/mol. The summed E-state index contributed by atoms with van der Waals surface area (Å²) >= 11 is 0. The number of benzene rings is 1. The Kier molecular flexibility index (Phi) is 5.32. The molecule has 0 heterocycles. The third-order valence-electron chi connectivity index (χ3n) is 2.64. The molecule has 0 saturated heterocycles. The number of nitro benzene ring substituents is 1. The first kappa shape index (κ1) is 16.2. The third kappa shape index (κ3) is 5.04. The number of nitrogens with two attached hydrogens (primary N) is 1. The minimum absolute atomic E-state index is 0.00314. The second kappa shape index (κ2) is 6.56. The van der Waals surface area contributed by atoms with Crippen molar-refractivity contribution < 1.29 is 18.1 Å². The Balaban J connectivity index is 2.88. The van der Waals surface area contributed by atoms with Gasteiger partial charge in [0.25, 0.3) is 5.69 Å². The highest BCUT2D eigenvalue weighted by Gasteiger charge is 2.30. The number of nitrogen functional groups attached to an aromatic ring is 1. The summed E-state index contributed by atoms with van der Waals surface area (Å²) in [5.74, 6) is 0. The molecule has 0 bridgehead atoms. The minimum atomic E-state index is -4.30. The lowest BCUT2D eigenvalue weighted by atomic mass is 10.1. The molecule has 2 N–H and O–H groups in total. The maximum absolute atomic E-state index is 12.4. The molecule has 0 aliphatic rings. The molecule has 1 aromatic carbocycles. The van der Waals surface area contributed by atoms with Crippen LogP contribution >= 0.6 is 0 Å². The molecule has 0 unspecified atom stereocenters. The zero-order valence-electron chi connectivity index (χ0n) is 11.0. The summed E-state index contributed by atoms with van der Waals surface area (Å²) in [6.07, 6.45) is -3.73. The number of alkyl halides is 3. The SMILES string of the molecule is CCCN(Cc1ccc(N)c([N+](=O)[O-])c1)CC(F)(F)F. The summed E-state index contributed by atoms with van der Waals surface area (Å²) in [4.78, 5) is 11.3. The summed E-state index contributed by atoms with van der Waals surface area (Å²) in [6, 6.07) is 4.06. The normalized spacial score (nSPS) is 11.8. The number of halogens is 3. The van der Waals surface area contributed by atoms with Crippen LogP contribution in [-0.4, -0.2) is 29.1 Å². The van der Waals surface area contributed by atoms with Gasteiger partial charge >= 0.3 is 6.18 Å². The maximum Gasteiger partial charge on any atom is 0.401 e. The molecule has 0 amide bonds. The number of hydrogen-bond donors (Lipinski definition) is 1. The highest BCUT2D eigenvalue weighted by atomic mass is 19.4. The quantitative estimate of drug-likeness (QED) is 0.497. The van der Waals surface area contributed by atoms with Gasteiger partial charge in [-0.25, -0.2) is 0 Å². The molecular formula is C12H16F3N3O2. The molecule has 112 valence electrons. The average Bonchev–Trinajstić information content (AvgIpc) is 2.29. The second-order valence-corrected chi connectivity index (χ2v) is 4.48. The van der Waals surface area contributed by atoms with Gasteiger partial charge in [0.15, 0.2) is 0 Å². The van der Waals surface area contributed by atoms with E-state index in [2.05, 4.69) is 0 Å². The van der Waals surface area contributed by atoms with Gasteiger partial charge in [-0.05, 0) is 24.6 Å². The van der Waals surface area contributed by atoms with Crippen LogP contribution in [0.5, 0.6) is 0 Å². The Morgan fingerprint density at radius 3 is 2.55 bits per heavy atom. The van der Waals surface area contributed by atoms with Crippen molar-refractivity contribution in [2.45, 2.75) is 26.1 Å². The maximum atomic E-state index is 12.4. The smallest absolute Gasteiger partial charge is 0.393 e. The van der Waals surface area contributed by atoms with Crippen molar-refractivity contribution in [3.8, 4) is 0 Å². The first-order valence-corrected chi connectivity index (χ1v) is 6.05. The fourth-order valence-electron chi connectivity index (χ4n) is 1.89. The Bertz CT molecular complexity index is 478. The summed E-state index contributed by atoms with van der Waals surface area (Å²) < 4.78 is 37.3. The molecule has 0 atom stereocenters. The van der Waals surface area contributed by atoms with E-state index in [-0.39, 0.29) is 24.5 Å². The van der Waals surface area contributed by atoms with E-state index in [1.165, 1.54) is 23.1 Å². The lowest BCUT2D eigenvalue weighted by molar-refractivity contribution is -0.384. The molecule has 1 rings (SSSR count). The van der Waals surface area contributed by atoms with Crippen molar-refractivity contribution in [2.24, 2.45) is 0 Å². The van der Waals surface area contributed by atoms with Gasteiger partial charge in [0, 0.05) is 12.6 Å². The van der Waals surface area contributed by atoms with Crippen molar-refractivity contribution in [1.29, 1.82) is 0 Å². The van der Waals surface area contributed by atoms with Gasteiger partial charge < -0.3 is 5.73 Å². The van der Waals surface area contributed by atoms with Crippen LogP contribution in [0, 0.1) is 10.1 Å². The Morgan fingerprint density at radius 2 is 2.05 bits per heavy atom. The van der Waals surface area contributed by atoms with Crippen molar-refractivity contribution in [1.82, 2.24) is 4.90 Å². The Morgan fingerprint density at radius 1 is 1.40 bits per heavy atom. The van der Waals surface area contributed by atoms with Crippen molar-refractivity contribution in [3.63, 3.8) is 0 Å². The van der Waals surface area contributed by atoms with Crippen molar-refractivity contribution in [2.75, 3.05) is 18.8 Å². The fraction of sp³-hybridized carbons (Fsp3) is 0.500. The molecule has 0 spiro atoms. The zero-order chi connectivity index (χ0) is 15.3. The van der Waals surface area contributed by atoms with Crippen LogP contribution in [0.4, 0.5) is 24.5 Å². The standard InChI is InChI=1S/C12H16F3N3O2/c1-2-5-17(8-12(13,14)15)7-9-3-4-10(16)11(6-9)18(19)20/h3-4,6H,2,5,7-8,16H2,1H3. The zero-order valence-corrected chi connectivity index (χ0v) is 11.0. The van der Waals surface area contributed by atoms with Gasteiger partial charge in [0.05, 0.1) is 11.5 Å². The molecule has 0 aliphatic carbocycles. The molecule has 0 saturated carbocycles. The van der Waals surface area contributed by atoms with Gasteiger partial charge in [-0.2, -0.15) is 13.2 Å². The molecule has 0 radical (unpaired) electrons. The highest BCUT2D eigenvalue weighted by Crippen LogP contribution is 2.24. The van der Waals surface area contributed by atoms with Gasteiger partial charge in [-0.3, -0.25) is 15.0 Å². The summed E-state index contributed by atoms with van der Waals surface area (Å²) in [5, 5.41) is 10.7. The van der Waals surface area contributed by atoms with E-state index in [0.717, 1.165) is 0 Å². The monoisotopic (exact) mass is 291 g/mol. The van der Waals surface area contributed by atoms with E-state index in [9.17, 15) is 23.3 Å². The van der Waals surface area contributed by atoms with Crippen LogP contribution in [-0.2, 0) is 6.54 Å². The van der Waals surface area contributed by atoms with Gasteiger partial charge in [0.2, 0.25) is 0 Å². The van der Waals surface area contributed by atoms with Crippen LogP contribution in [0.2, 0.25) is 0 Å². The molecule has 0 fully saturated rings. The lowest BCUT2D eigenvalue weighted by Gasteiger charge is -2.23. The third-order valence-corrected chi connectivity index (χ3v) is 2.64. The van der Waals surface area contributed by atoms with Crippen LogP contribution in [0.1, 0.15) is 18.9 Å². The van der Waals surface area contributed by atoms with E-state index in [1.54, 1.807) is 6.92 Å². The van der Waals surface area contributed by atoms with E-state index in [4.69, 9.17) is 5.73 Å². The van der Waals surface area contributed by atoms with Crippen molar-refractivity contribution >= 4 is 11.4 Å². The second-order valence-electron chi connectivity index (χ2n) is 4.48. The van der Waals surface area contributed by atoms with E-state index in [1.807, 2.05) is 0 Å². The largest absolute Gasteiger partial charge is 0.401 e. The van der Waals surface area contributed by atoms with E-state index in [0.29, 0.717) is 12.0 Å². The van der Waals surface area contributed by atoms with Crippen LogP contribution in [0.3, 0.4) is 0 Å². The molecular weight excluding hydrogens is 275 g/mol. The van der Waals surface area contributed by atoms with E-state index >= 15 is 0 Å². The van der Waals surface area contributed by atoms with Crippen LogP contribution in [0.15, 0.2) is 18.2 Å². The lowest BCUT2D eigenvalue weighted by Crippen LogP contribution is -2.34. The number of nitro groups is 1. The summed E-state index contributed by atoms with van der Waals surface area (Å²) in [6.45, 7) is 0.986. The Labute approximate surface area is 114 Å². The van der Waals surface area contributed by atoms with Crippen LogP contribution in [0.25, 0.3) is 0 Å². The molecule has 0 aromatic heterocycles. The first-order chi connectivity index (χ1) is 9.23. The first-order valence-electron chi connectivity index (χ1n) is 6.05. The average molecular weight is 291 g/mol. The summed E-state index contributed by atoms with van der Waals surface area (Å²) in [7, 11) is 0. The number of rotatable bonds is 6. The topological polar surface area (TPSA) is 72.4 Å². The van der Waals surface area contributed by atoms with Crippen LogP contribution < -0.4 is 5.73 Å². The number of nitrogens with zero attached hydrogens (tertiary/aromatic N) is 2. The minimum Gasteiger partial charge on any atom is -0.393 e. The Hall–Kier alpha value is -1.83. The highest BCUT2D eigenvalue weighted by molar-refractivity contribution is 5.59. The number of anilines is 1. The molecule has 0 aliphatic heterocycles. The van der Waals surface area contributed by atoms with Gasteiger partial charge in [-0.1, -0.05) is 13.0 Å². The van der Waals surface area contributed by atoms with E-state index < -0.39 is 17.6 Å². The molecule has 8 heteroatoms. The fourth-order valence-corrected chi connectivity index (χ4v) is 1.89. The van der Waals surface area contributed by atoms with Crippen molar-refractivity contribution in [3.05, 3.63) is 33.9 Å².